The standard InChI is InChI=1S/C7H17NO7Si/c9-6(4-8-7(10)11)5-15-2-1-3-16(12,13)14/h6,8-9,12-14H,1-5H2,(H,10,11). The number of carboxylic acid groups (broad SMARTS) is 1. The maximum absolute atomic E-state index is 10.0. The van der Waals surface area contributed by atoms with E-state index >= 15 is 0 Å². The molecule has 0 bridgehead atoms. The Bertz CT molecular complexity index is 207. The van der Waals surface area contributed by atoms with Gasteiger partial charge < -0.3 is 34.7 Å². The van der Waals surface area contributed by atoms with Crippen LogP contribution in [-0.4, -0.2) is 65.4 Å². The molecule has 96 valence electrons. The molecule has 8 nitrogen and oxygen atoms in total. The number of hydrogen-bond acceptors (Lipinski definition) is 6. The first-order valence-corrected chi connectivity index (χ1v) is 6.76. The van der Waals surface area contributed by atoms with Gasteiger partial charge in [-0.25, -0.2) is 4.79 Å². The van der Waals surface area contributed by atoms with E-state index in [4.69, 9.17) is 29.3 Å². The molecule has 1 atom stereocenters. The molecule has 1 amide bonds. The Morgan fingerprint density at radius 3 is 2.50 bits per heavy atom. The number of amides is 1. The van der Waals surface area contributed by atoms with E-state index < -0.39 is 21.0 Å². The lowest BCUT2D eigenvalue weighted by Crippen LogP contribution is -2.35. The normalized spacial score (nSPS) is 13.5. The Morgan fingerprint density at radius 1 is 1.38 bits per heavy atom. The lowest BCUT2D eigenvalue weighted by Gasteiger charge is -2.12. The number of aliphatic hydroxyl groups excluding tert-OH is 1. The van der Waals surface area contributed by atoms with Gasteiger partial charge in [-0.15, -0.1) is 0 Å². The zero-order valence-corrected chi connectivity index (χ0v) is 9.67. The van der Waals surface area contributed by atoms with E-state index in [0.29, 0.717) is 0 Å². The summed E-state index contributed by atoms with van der Waals surface area (Å²) >= 11 is 0. The molecule has 0 radical (unpaired) electrons. The molecule has 0 aliphatic carbocycles. The van der Waals surface area contributed by atoms with Crippen LogP contribution in [0.1, 0.15) is 6.42 Å². The van der Waals surface area contributed by atoms with E-state index in [1.54, 1.807) is 0 Å². The van der Waals surface area contributed by atoms with E-state index in [2.05, 4.69) is 0 Å². The largest absolute Gasteiger partial charge is 0.492 e. The third-order valence-corrected chi connectivity index (χ3v) is 2.62. The second kappa shape index (κ2) is 7.54. The van der Waals surface area contributed by atoms with Crippen molar-refractivity contribution in [1.29, 1.82) is 0 Å². The molecule has 1 unspecified atom stereocenters. The van der Waals surface area contributed by atoms with E-state index in [9.17, 15) is 4.79 Å². The molecule has 0 aliphatic heterocycles. The van der Waals surface area contributed by atoms with Crippen LogP contribution in [0.3, 0.4) is 0 Å². The van der Waals surface area contributed by atoms with Crippen molar-refractivity contribution in [3.8, 4) is 0 Å². The van der Waals surface area contributed by atoms with Crippen LogP contribution in [-0.2, 0) is 4.74 Å². The summed E-state index contributed by atoms with van der Waals surface area (Å²) in [6.07, 6.45) is -1.92. The molecular formula is C7H17NO7Si. The lowest BCUT2D eigenvalue weighted by atomic mass is 10.4. The highest BCUT2D eigenvalue weighted by Crippen LogP contribution is 2.01. The molecular weight excluding hydrogens is 238 g/mol. The molecule has 0 saturated heterocycles. The summed E-state index contributed by atoms with van der Waals surface area (Å²) in [6.45, 7) is -0.0360. The monoisotopic (exact) mass is 255 g/mol. The van der Waals surface area contributed by atoms with Crippen molar-refractivity contribution in [3.05, 3.63) is 0 Å². The van der Waals surface area contributed by atoms with Gasteiger partial charge in [-0.2, -0.15) is 0 Å². The van der Waals surface area contributed by atoms with Crippen molar-refractivity contribution in [3.63, 3.8) is 0 Å². The number of hydrogen-bond donors (Lipinski definition) is 6. The predicted octanol–water partition coefficient (Wildman–Crippen LogP) is -2.06. The van der Waals surface area contributed by atoms with E-state index in [0.717, 1.165) is 0 Å². The number of nitrogens with one attached hydrogen (secondary N) is 1. The van der Waals surface area contributed by atoms with Gasteiger partial charge in [-0.3, -0.25) is 0 Å². The summed E-state index contributed by atoms with van der Waals surface area (Å²) in [6, 6.07) is -0.129. The second-order valence-electron chi connectivity index (χ2n) is 3.29. The number of rotatable bonds is 8. The van der Waals surface area contributed by atoms with Gasteiger partial charge in [0, 0.05) is 19.2 Å². The topological polar surface area (TPSA) is 139 Å². The van der Waals surface area contributed by atoms with Gasteiger partial charge in [-0.1, -0.05) is 0 Å². The van der Waals surface area contributed by atoms with Crippen LogP contribution in [0.4, 0.5) is 4.79 Å². The summed E-state index contributed by atoms with van der Waals surface area (Å²) in [7, 11) is -4.00. The minimum Gasteiger partial charge on any atom is -0.465 e. The van der Waals surface area contributed by atoms with Crippen molar-refractivity contribution in [2.24, 2.45) is 0 Å². The number of carbonyl (C=O) groups is 1. The molecule has 0 rings (SSSR count). The average molecular weight is 255 g/mol. The fraction of sp³-hybridized carbons (Fsp3) is 0.857. The summed E-state index contributed by atoms with van der Waals surface area (Å²) in [5, 5.41) is 19.4. The van der Waals surface area contributed by atoms with Crippen molar-refractivity contribution in [2.75, 3.05) is 19.8 Å². The first-order chi connectivity index (χ1) is 7.31. The highest BCUT2D eigenvalue weighted by atomic mass is 28.4. The SMILES string of the molecule is O=C(O)NCC(O)COCCC[Si](O)(O)O. The Kier molecular flexibility index (Phi) is 7.21. The molecule has 0 aliphatic rings. The summed E-state index contributed by atoms with van der Waals surface area (Å²) in [5.41, 5.74) is 0. The van der Waals surface area contributed by atoms with Crippen molar-refractivity contribution in [2.45, 2.75) is 18.6 Å². The maximum Gasteiger partial charge on any atom is 0.492 e. The van der Waals surface area contributed by atoms with Gasteiger partial charge in [0.05, 0.1) is 12.7 Å². The summed E-state index contributed by atoms with van der Waals surface area (Å²) < 4.78 is 4.93. The highest BCUT2D eigenvalue weighted by molar-refractivity contribution is 6.56. The van der Waals surface area contributed by atoms with Crippen molar-refractivity contribution >= 4 is 14.9 Å². The van der Waals surface area contributed by atoms with Crippen LogP contribution < -0.4 is 5.32 Å². The predicted molar refractivity (Wildman–Crippen MR) is 54.7 cm³/mol. The van der Waals surface area contributed by atoms with Crippen LogP contribution >= 0.6 is 0 Å². The van der Waals surface area contributed by atoms with Crippen molar-refractivity contribution < 1.29 is 34.1 Å². The van der Waals surface area contributed by atoms with Crippen molar-refractivity contribution in [1.82, 2.24) is 5.32 Å². The Hall–Kier alpha value is -0.713. The molecule has 16 heavy (non-hydrogen) atoms. The van der Waals surface area contributed by atoms with E-state index in [1.165, 1.54) is 0 Å². The van der Waals surface area contributed by atoms with Gasteiger partial charge >= 0.3 is 14.9 Å². The fourth-order valence-corrected chi connectivity index (χ4v) is 1.51. The number of aliphatic hydroxyl groups is 1. The molecule has 0 aromatic heterocycles. The van der Waals surface area contributed by atoms with Gasteiger partial charge in [0.25, 0.3) is 0 Å². The second-order valence-corrected chi connectivity index (χ2v) is 5.34. The van der Waals surface area contributed by atoms with Gasteiger partial charge in [-0.05, 0) is 6.42 Å². The smallest absolute Gasteiger partial charge is 0.465 e. The first-order valence-electron chi connectivity index (χ1n) is 4.71. The Morgan fingerprint density at radius 2 is 2.00 bits per heavy atom. The van der Waals surface area contributed by atoms with Crippen LogP contribution in [0.15, 0.2) is 0 Å². The zero-order valence-electron chi connectivity index (χ0n) is 8.67. The maximum atomic E-state index is 10.0. The average Bonchev–Trinajstić information content (AvgIpc) is 2.12. The molecule has 9 heteroatoms. The summed E-state index contributed by atoms with van der Waals surface area (Å²) in [4.78, 5) is 36.0. The third-order valence-electron chi connectivity index (χ3n) is 1.60. The van der Waals surface area contributed by atoms with Gasteiger partial charge in [0.2, 0.25) is 0 Å². The third kappa shape index (κ3) is 11.4. The summed E-state index contributed by atoms with van der Waals surface area (Å²) in [5.74, 6) is 0. The zero-order chi connectivity index (χ0) is 12.6. The van der Waals surface area contributed by atoms with Crippen LogP contribution in [0.25, 0.3) is 0 Å². The number of ether oxygens (including phenoxy) is 1. The molecule has 0 aromatic carbocycles. The molecule has 0 spiro atoms. The Labute approximate surface area is 93.5 Å². The molecule has 0 heterocycles. The minimum absolute atomic E-state index is 0.0584. The molecule has 0 saturated carbocycles. The van der Waals surface area contributed by atoms with Gasteiger partial charge in [0.15, 0.2) is 0 Å². The fourth-order valence-electron chi connectivity index (χ4n) is 0.895. The molecule has 0 aromatic rings. The van der Waals surface area contributed by atoms with Gasteiger partial charge in [0.1, 0.15) is 0 Å². The molecule has 6 N–H and O–H groups in total. The minimum atomic E-state index is -4.00. The van der Waals surface area contributed by atoms with Crippen LogP contribution in [0.2, 0.25) is 6.04 Å². The van der Waals surface area contributed by atoms with E-state index in [1.807, 2.05) is 5.32 Å². The highest BCUT2D eigenvalue weighted by Gasteiger charge is 2.25. The Balaban J connectivity index is 3.34. The first kappa shape index (κ1) is 15.3. The van der Waals surface area contributed by atoms with Crippen LogP contribution in [0.5, 0.6) is 0 Å². The lowest BCUT2D eigenvalue weighted by molar-refractivity contribution is 0.0364. The van der Waals surface area contributed by atoms with E-state index in [-0.39, 0.29) is 32.2 Å². The quantitative estimate of drug-likeness (QED) is 0.216. The molecule has 0 fully saturated rings. The van der Waals surface area contributed by atoms with Crippen LogP contribution in [0, 0.1) is 0 Å².